The van der Waals surface area contributed by atoms with Crippen molar-refractivity contribution in [3.05, 3.63) is 89.5 Å². The summed E-state index contributed by atoms with van der Waals surface area (Å²) >= 11 is 0. The van der Waals surface area contributed by atoms with Crippen LogP contribution < -0.4 is 0 Å². The van der Waals surface area contributed by atoms with E-state index in [9.17, 15) is 14.7 Å². The molecule has 2 aromatic carbocycles. The smallest absolute Gasteiger partial charge is 0.326 e. The number of fused-ring (bicyclic) bond motifs is 1. The summed E-state index contributed by atoms with van der Waals surface area (Å²) < 4.78 is 2.13. The van der Waals surface area contributed by atoms with E-state index in [-0.39, 0.29) is 18.9 Å². The topological polar surface area (TPSA) is 75.4 Å². The fraction of sp³-hybridized carbons (Fsp3) is 0.414. The number of carboxylic acids is 1. The number of aromatic nitrogens is 2. The lowest BCUT2D eigenvalue weighted by molar-refractivity contribution is -0.151. The Morgan fingerprint density at radius 2 is 1.57 bits per heavy atom. The molecule has 0 spiro atoms. The molecule has 1 aliphatic heterocycles. The van der Waals surface area contributed by atoms with E-state index in [4.69, 9.17) is 0 Å². The third-order valence-corrected chi connectivity index (χ3v) is 7.70. The van der Waals surface area contributed by atoms with Crippen LogP contribution in [0.15, 0.2) is 67.0 Å². The first-order valence-electron chi connectivity index (χ1n) is 12.8. The molecular formula is C29H33N3O3. The minimum Gasteiger partial charge on any atom is -0.480 e. The minimum absolute atomic E-state index is 0.197. The molecule has 1 atom stereocenters. The van der Waals surface area contributed by atoms with Crippen molar-refractivity contribution < 1.29 is 14.7 Å². The summed E-state index contributed by atoms with van der Waals surface area (Å²) in [5.74, 6) is -0.980. The molecule has 1 amide bonds. The zero-order valence-electron chi connectivity index (χ0n) is 20.1. The van der Waals surface area contributed by atoms with Gasteiger partial charge in [-0.2, -0.15) is 0 Å². The Labute approximate surface area is 206 Å². The van der Waals surface area contributed by atoms with Crippen LogP contribution in [0, 0.1) is 5.92 Å². The van der Waals surface area contributed by atoms with Gasteiger partial charge in [0.2, 0.25) is 5.91 Å². The molecule has 1 fully saturated rings. The highest BCUT2D eigenvalue weighted by Crippen LogP contribution is 2.32. The maximum Gasteiger partial charge on any atom is 0.326 e. The molecule has 35 heavy (non-hydrogen) atoms. The third-order valence-electron chi connectivity index (χ3n) is 7.70. The van der Waals surface area contributed by atoms with Crippen LogP contribution in [0.4, 0.5) is 0 Å². The Kier molecular flexibility index (Phi) is 6.98. The zero-order valence-corrected chi connectivity index (χ0v) is 20.1. The van der Waals surface area contributed by atoms with Crippen molar-refractivity contribution in [2.45, 2.75) is 70.0 Å². The number of carbonyl (C=O) groups is 2. The molecule has 1 N–H and O–H groups in total. The van der Waals surface area contributed by atoms with Crippen molar-refractivity contribution in [2.24, 2.45) is 5.92 Å². The van der Waals surface area contributed by atoms with E-state index in [2.05, 4.69) is 9.55 Å². The average molecular weight is 472 g/mol. The van der Waals surface area contributed by atoms with Crippen LogP contribution in [0.25, 0.3) is 0 Å². The molecule has 1 aliphatic carbocycles. The van der Waals surface area contributed by atoms with E-state index >= 15 is 0 Å². The van der Waals surface area contributed by atoms with Gasteiger partial charge in [0.15, 0.2) is 0 Å². The predicted molar refractivity (Wildman–Crippen MR) is 134 cm³/mol. The summed E-state index contributed by atoms with van der Waals surface area (Å²) in [4.78, 5) is 32.5. The Bertz CT molecular complexity index is 1110. The second kappa shape index (κ2) is 10.5. The molecule has 2 aliphatic rings. The van der Waals surface area contributed by atoms with Gasteiger partial charge in [-0.05, 0) is 23.5 Å². The number of carbonyl (C=O) groups excluding carboxylic acids is 1. The number of aliphatic carboxylic acids is 1. The third kappa shape index (κ3) is 5.02. The van der Waals surface area contributed by atoms with E-state index in [0.29, 0.717) is 0 Å². The fourth-order valence-corrected chi connectivity index (χ4v) is 5.76. The highest BCUT2D eigenvalue weighted by Gasteiger charge is 2.40. The van der Waals surface area contributed by atoms with Gasteiger partial charge in [0.25, 0.3) is 0 Å². The molecule has 0 unspecified atom stereocenters. The maximum atomic E-state index is 14.0. The first-order chi connectivity index (χ1) is 17.1. The Morgan fingerprint density at radius 3 is 2.17 bits per heavy atom. The standard InChI is InChI=1S/C29H33N3O3/c33-28(27(22-12-6-2-7-13-22)23-14-8-3-9-15-23)32-19-24-25(18-26(32)29(34)35)31(20-30-24)17-16-21-10-4-1-5-11-21/h2-3,6-9,12-15,20-21,26-27H,1,4-5,10-11,16-19H2,(H,34,35)/t26-/m0/s1. The summed E-state index contributed by atoms with van der Waals surface area (Å²) in [5, 5.41) is 10.1. The Hall–Kier alpha value is -3.41. The number of aryl methyl sites for hydroxylation is 1. The molecule has 182 valence electrons. The fourth-order valence-electron chi connectivity index (χ4n) is 5.76. The molecule has 2 heterocycles. The van der Waals surface area contributed by atoms with E-state index < -0.39 is 17.9 Å². The average Bonchev–Trinajstić information content (AvgIpc) is 3.30. The molecule has 0 radical (unpaired) electrons. The number of carboxylic acid groups (broad SMARTS) is 1. The predicted octanol–water partition coefficient (Wildman–Crippen LogP) is 5.02. The van der Waals surface area contributed by atoms with E-state index in [1.54, 1.807) is 0 Å². The quantitative estimate of drug-likeness (QED) is 0.525. The second-order valence-corrected chi connectivity index (χ2v) is 9.90. The number of benzene rings is 2. The van der Waals surface area contributed by atoms with Crippen molar-refractivity contribution >= 4 is 11.9 Å². The lowest BCUT2D eigenvalue weighted by Crippen LogP contribution is -2.50. The van der Waals surface area contributed by atoms with Gasteiger partial charge in [0.05, 0.1) is 24.5 Å². The van der Waals surface area contributed by atoms with Crippen LogP contribution >= 0.6 is 0 Å². The van der Waals surface area contributed by atoms with Gasteiger partial charge in [0.1, 0.15) is 6.04 Å². The van der Waals surface area contributed by atoms with Crippen LogP contribution in [-0.4, -0.2) is 37.5 Å². The van der Waals surface area contributed by atoms with E-state index in [1.807, 2.05) is 67.0 Å². The van der Waals surface area contributed by atoms with Gasteiger partial charge >= 0.3 is 5.97 Å². The van der Waals surface area contributed by atoms with Crippen molar-refractivity contribution in [3.63, 3.8) is 0 Å². The van der Waals surface area contributed by atoms with Crippen LogP contribution in [0.1, 0.15) is 67.0 Å². The van der Waals surface area contributed by atoms with Gasteiger partial charge < -0.3 is 14.6 Å². The lowest BCUT2D eigenvalue weighted by Gasteiger charge is -2.35. The Morgan fingerprint density at radius 1 is 0.943 bits per heavy atom. The number of amides is 1. The molecule has 0 saturated heterocycles. The molecule has 1 saturated carbocycles. The molecule has 0 bridgehead atoms. The largest absolute Gasteiger partial charge is 0.480 e. The number of hydrogen-bond acceptors (Lipinski definition) is 3. The van der Waals surface area contributed by atoms with E-state index in [0.717, 1.165) is 41.4 Å². The van der Waals surface area contributed by atoms with Gasteiger partial charge in [-0.3, -0.25) is 4.79 Å². The molecule has 5 rings (SSSR count). The van der Waals surface area contributed by atoms with Gasteiger partial charge in [-0.1, -0.05) is 92.8 Å². The Balaban J connectivity index is 1.41. The summed E-state index contributed by atoms with van der Waals surface area (Å²) in [7, 11) is 0. The molecule has 6 heteroatoms. The number of hydrogen-bond donors (Lipinski definition) is 1. The first kappa shape index (κ1) is 23.3. The van der Waals surface area contributed by atoms with Crippen LogP contribution in [0.5, 0.6) is 0 Å². The second-order valence-electron chi connectivity index (χ2n) is 9.90. The van der Waals surface area contributed by atoms with Gasteiger partial charge in [-0.15, -0.1) is 0 Å². The SMILES string of the molecule is O=C(O)[C@@H]1Cc2c(ncn2CCC2CCCCC2)CN1C(=O)C(c1ccccc1)c1ccccc1. The van der Waals surface area contributed by atoms with Crippen molar-refractivity contribution in [3.8, 4) is 0 Å². The lowest BCUT2D eigenvalue weighted by atomic mass is 9.87. The molecule has 6 nitrogen and oxygen atoms in total. The van der Waals surface area contributed by atoms with Crippen molar-refractivity contribution in [2.75, 3.05) is 0 Å². The zero-order chi connectivity index (χ0) is 24.2. The van der Waals surface area contributed by atoms with Crippen molar-refractivity contribution in [1.29, 1.82) is 0 Å². The number of nitrogens with zero attached hydrogens (tertiary/aromatic N) is 3. The minimum atomic E-state index is -0.969. The van der Waals surface area contributed by atoms with Crippen molar-refractivity contribution in [1.82, 2.24) is 14.5 Å². The normalized spacial score (nSPS) is 18.4. The molecule has 1 aromatic heterocycles. The highest BCUT2D eigenvalue weighted by molar-refractivity contribution is 5.91. The molecular weight excluding hydrogens is 438 g/mol. The number of imidazole rings is 1. The summed E-state index contributed by atoms with van der Waals surface area (Å²) in [6.07, 6.45) is 9.78. The summed E-state index contributed by atoms with van der Waals surface area (Å²) in [6, 6.07) is 18.3. The highest BCUT2D eigenvalue weighted by atomic mass is 16.4. The molecule has 3 aromatic rings. The van der Waals surface area contributed by atoms with Crippen LogP contribution in [0.3, 0.4) is 0 Å². The maximum absolute atomic E-state index is 14.0. The van der Waals surface area contributed by atoms with Gasteiger partial charge in [-0.25, -0.2) is 9.78 Å². The number of rotatable bonds is 7. The monoisotopic (exact) mass is 471 g/mol. The summed E-state index contributed by atoms with van der Waals surface area (Å²) in [5.41, 5.74) is 3.50. The van der Waals surface area contributed by atoms with E-state index in [1.165, 1.54) is 37.0 Å². The summed E-state index contributed by atoms with van der Waals surface area (Å²) in [6.45, 7) is 1.08. The first-order valence-corrected chi connectivity index (χ1v) is 12.8. The van der Waals surface area contributed by atoms with Crippen LogP contribution in [-0.2, 0) is 29.1 Å². The van der Waals surface area contributed by atoms with Gasteiger partial charge in [0, 0.05) is 18.7 Å². The van der Waals surface area contributed by atoms with Crippen LogP contribution in [0.2, 0.25) is 0 Å².